The van der Waals surface area contributed by atoms with E-state index in [0.29, 0.717) is 12.6 Å². The Hall–Kier alpha value is -1.09. The summed E-state index contributed by atoms with van der Waals surface area (Å²) in [6.45, 7) is 2.74. The first-order valence-corrected chi connectivity index (χ1v) is 6.67. The number of aryl methyl sites for hydroxylation is 1. The highest BCUT2D eigenvalue weighted by Crippen LogP contribution is 2.26. The first-order chi connectivity index (χ1) is 8.24. The van der Waals surface area contributed by atoms with Gasteiger partial charge in [0.1, 0.15) is 5.82 Å². The van der Waals surface area contributed by atoms with Crippen LogP contribution in [0.5, 0.6) is 0 Å². The summed E-state index contributed by atoms with van der Waals surface area (Å²) in [5.41, 5.74) is 8.09. The second-order valence-corrected chi connectivity index (χ2v) is 4.93. The van der Waals surface area contributed by atoms with Gasteiger partial charge in [-0.2, -0.15) is 0 Å². The Kier molecular flexibility index (Phi) is 4.00. The molecule has 0 atom stereocenters. The van der Waals surface area contributed by atoms with E-state index in [4.69, 9.17) is 10.7 Å². The molecule has 0 saturated heterocycles. The van der Waals surface area contributed by atoms with Gasteiger partial charge in [0, 0.05) is 25.3 Å². The van der Waals surface area contributed by atoms with Crippen LogP contribution >= 0.6 is 0 Å². The molecule has 0 amide bonds. The zero-order chi connectivity index (χ0) is 12.3. The van der Waals surface area contributed by atoms with Crippen LogP contribution in [-0.4, -0.2) is 18.1 Å². The minimum absolute atomic E-state index is 0.598. The molecule has 1 aliphatic carbocycles. The highest BCUT2D eigenvalue weighted by Gasteiger charge is 2.20. The fourth-order valence-electron chi connectivity index (χ4n) is 2.59. The molecule has 17 heavy (non-hydrogen) atoms. The maximum Gasteiger partial charge on any atom is 0.129 e. The minimum Gasteiger partial charge on any atom is -0.357 e. The molecule has 2 rings (SSSR count). The Balaban J connectivity index is 2.23. The van der Waals surface area contributed by atoms with Crippen molar-refractivity contribution in [2.45, 2.75) is 51.6 Å². The van der Waals surface area contributed by atoms with Gasteiger partial charge in [-0.25, -0.2) is 4.98 Å². The van der Waals surface area contributed by atoms with E-state index in [1.807, 2.05) is 0 Å². The summed E-state index contributed by atoms with van der Waals surface area (Å²) in [4.78, 5) is 7.05. The summed E-state index contributed by atoms with van der Waals surface area (Å²) in [6.07, 6.45) is 6.27. The van der Waals surface area contributed by atoms with E-state index in [2.05, 4.69) is 31.0 Å². The predicted molar refractivity (Wildman–Crippen MR) is 72.2 cm³/mol. The molecule has 1 fully saturated rings. The Bertz CT molecular complexity index is 347. The van der Waals surface area contributed by atoms with Gasteiger partial charge in [-0.15, -0.1) is 0 Å². The van der Waals surface area contributed by atoms with Crippen LogP contribution < -0.4 is 10.6 Å². The Morgan fingerprint density at radius 2 is 2.06 bits per heavy atom. The zero-order valence-corrected chi connectivity index (χ0v) is 10.9. The number of rotatable bonds is 4. The number of nitrogens with zero attached hydrogens (tertiary/aromatic N) is 2. The number of nitrogens with two attached hydrogens (primary N) is 1. The third-order valence-corrected chi connectivity index (χ3v) is 3.76. The third kappa shape index (κ3) is 2.78. The number of hydrogen-bond acceptors (Lipinski definition) is 3. The smallest absolute Gasteiger partial charge is 0.129 e. The summed E-state index contributed by atoms with van der Waals surface area (Å²) < 4.78 is 0. The molecule has 0 aliphatic heterocycles. The van der Waals surface area contributed by atoms with Crippen molar-refractivity contribution in [1.82, 2.24) is 4.98 Å². The van der Waals surface area contributed by atoms with E-state index in [9.17, 15) is 0 Å². The van der Waals surface area contributed by atoms with Crippen LogP contribution in [0.2, 0.25) is 0 Å². The molecule has 1 heterocycles. The average molecular weight is 233 g/mol. The molecule has 1 aromatic heterocycles. The van der Waals surface area contributed by atoms with Crippen LogP contribution in [0.25, 0.3) is 0 Å². The van der Waals surface area contributed by atoms with Gasteiger partial charge in [0.2, 0.25) is 0 Å². The lowest BCUT2D eigenvalue weighted by Gasteiger charge is -2.26. The summed E-state index contributed by atoms with van der Waals surface area (Å²) in [5, 5.41) is 0. The van der Waals surface area contributed by atoms with Crippen LogP contribution in [0, 0.1) is 0 Å². The van der Waals surface area contributed by atoms with Gasteiger partial charge in [0.05, 0.1) is 0 Å². The SMILES string of the molecule is CCc1cc(CN)cc(N(C)C2CCCC2)n1. The van der Waals surface area contributed by atoms with Crippen LogP contribution in [0.1, 0.15) is 43.9 Å². The Morgan fingerprint density at radius 1 is 1.35 bits per heavy atom. The molecule has 0 aromatic carbocycles. The van der Waals surface area contributed by atoms with Crippen molar-refractivity contribution in [1.29, 1.82) is 0 Å². The summed E-state index contributed by atoms with van der Waals surface area (Å²) in [6, 6.07) is 4.92. The highest BCUT2D eigenvalue weighted by atomic mass is 15.2. The molecular formula is C14H23N3. The molecule has 1 saturated carbocycles. The maximum absolute atomic E-state index is 5.75. The quantitative estimate of drug-likeness (QED) is 0.868. The average Bonchev–Trinajstić information content (AvgIpc) is 2.91. The first kappa shape index (κ1) is 12.4. The van der Waals surface area contributed by atoms with Gasteiger partial charge in [-0.05, 0) is 37.0 Å². The number of aromatic nitrogens is 1. The molecule has 2 N–H and O–H groups in total. The standard InChI is InChI=1S/C14H23N3/c1-3-12-8-11(10-15)9-14(16-12)17(2)13-6-4-5-7-13/h8-9,13H,3-7,10,15H2,1-2H3. The third-order valence-electron chi connectivity index (χ3n) is 3.76. The molecule has 3 nitrogen and oxygen atoms in total. The van der Waals surface area contributed by atoms with Crippen molar-refractivity contribution in [2.24, 2.45) is 5.73 Å². The largest absolute Gasteiger partial charge is 0.357 e. The topological polar surface area (TPSA) is 42.1 Å². The first-order valence-electron chi connectivity index (χ1n) is 6.67. The normalized spacial score (nSPS) is 16.4. The van der Waals surface area contributed by atoms with E-state index in [0.717, 1.165) is 17.9 Å². The zero-order valence-electron chi connectivity index (χ0n) is 10.9. The van der Waals surface area contributed by atoms with Crippen molar-refractivity contribution in [3.05, 3.63) is 23.4 Å². The molecule has 1 aromatic rings. The molecule has 3 heteroatoms. The molecule has 0 bridgehead atoms. The fourth-order valence-corrected chi connectivity index (χ4v) is 2.59. The number of hydrogen-bond donors (Lipinski definition) is 1. The summed E-state index contributed by atoms with van der Waals surface area (Å²) in [7, 11) is 2.16. The van der Waals surface area contributed by atoms with Gasteiger partial charge < -0.3 is 10.6 Å². The van der Waals surface area contributed by atoms with Crippen molar-refractivity contribution in [2.75, 3.05) is 11.9 Å². The molecule has 0 spiro atoms. The van der Waals surface area contributed by atoms with E-state index in [1.54, 1.807) is 0 Å². The van der Waals surface area contributed by atoms with Gasteiger partial charge >= 0.3 is 0 Å². The molecular weight excluding hydrogens is 210 g/mol. The fraction of sp³-hybridized carbons (Fsp3) is 0.643. The van der Waals surface area contributed by atoms with Crippen LogP contribution in [0.3, 0.4) is 0 Å². The molecule has 0 radical (unpaired) electrons. The van der Waals surface area contributed by atoms with Crippen molar-refractivity contribution in [3.63, 3.8) is 0 Å². The molecule has 94 valence electrons. The maximum atomic E-state index is 5.75. The van der Waals surface area contributed by atoms with Crippen molar-refractivity contribution in [3.8, 4) is 0 Å². The predicted octanol–water partition coefficient (Wildman–Crippen LogP) is 2.48. The monoisotopic (exact) mass is 233 g/mol. The van der Waals surface area contributed by atoms with Crippen molar-refractivity contribution < 1.29 is 0 Å². The van der Waals surface area contributed by atoms with E-state index >= 15 is 0 Å². The molecule has 0 unspecified atom stereocenters. The summed E-state index contributed by atoms with van der Waals surface area (Å²) in [5.74, 6) is 1.09. The van der Waals surface area contributed by atoms with Gasteiger partial charge in [0.25, 0.3) is 0 Å². The minimum atomic E-state index is 0.598. The van der Waals surface area contributed by atoms with Crippen LogP contribution in [0.15, 0.2) is 12.1 Å². The molecule has 1 aliphatic rings. The number of anilines is 1. The highest BCUT2D eigenvalue weighted by molar-refractivity contribution is 5.43. The Morgan fingerprint density at radius 3 is 2.65 bits per heavy atom. The lowest BCUT2D eigenvalue weighted by atomic mass is 10.1. The summed E-state index contributed by atoms with van der Waals surface area (Å²) >= 11 is 0. The van der Waals surface area contributed by atoms with E-state index < -0.39 is 0 Å². The van der Waals surface area contributed by atoms with Crippen molar-refractivity contribution >= 4 is 5.82 Å². The number of pyridine rings is 1. The van der Waals surface area contributed by atoms with E-state index in [-0.39, 0.29) is 0 Å². The van der Waals surface area contributed by atoms with Gasteiger partial charge in [-0.1, -0.05) is 19.8 Å². The second-order valence-electron chi connectivity index (χ2n) is 4.93. The van der Waals surface area contributed by atoms with Gasteiger partial charge in [0.15, 0.2) is 0 Å². The van der Waals surface area contributed by atoms with Gasteiger partial charge in [-0.3, -0.25) is 0 Å². The lowest BCUT2D eigenvalue weighted by Crippen LogP contribution is -2.30. The van der Waals surface area contributed by atoms with E-state index in [1.165, 1.54) is 31.2 Å². The lowest BCUT2D eigenvalue weighted by molar-refractivity contribution is 0.644. The Labute approximate surface area is 104 Å². The van der Waals surface area contributed by atoms with Crippen LogP contribution in [0.4, 0.5) is 5.82 Å². The second kappa shape index (κ2) is 5.50. The van der Waals surface area contributed by atoms with Crippen LogP contribution in [-0.2, 0) is 13.0 Å².